The van der Waals surface area contributed by atoms with E-state index in [4.69, 9.17) is 0 Å². The number of anilines is 3. The van der Waals surface area contributed by atoms with Gasteiger partial charge in [-0.05, 0) is 55.7 Å². The summed E-state index contributed by atoms with van der Waals surface area (Å²) in [7, 11) is 0.242. The third-order valence-corrected chi connectivity index (χ3v) is 5.89. The lowest BCUT2D eigenvalue weighted by molar-refractivity contribution is 0.578. The minimum absolute atomic E-state index is 0.270. The van der Waals surface area contributed by atoms with E-state index in [1.165, 1.54) is 6.42 Å². The molecule has 0 saturated carbocycles. The molecule has 0 aromatic heterocycles. The summed E-state index contributed by atoms with van der Waals surface area (Å²) in [5.41, 5.74) is 2.56. The maximum Gasteiger partial charge on any atom is 0.261 e. The minimum atomic E-state index is -3.61. The first-order chi connectivity index (χ1) is 12.0. The molecule has 5 nitrogen and oxygen atoms in total. The van der Waals surface area contributed by atoms with Crippen molar-refractivity contribution in [2.45, 2.75) is 24.2 Å². The number of nitrogens with one attached hydrogen (secondary N) is 1. The Labute approximate surface area is 150 Å². The average Bonchev–Trinajstić information content (AvgIpc) is 2.63. The Morgan fingerprint density at radius 2 is 1.56 bits per heavy atom. The molecule has 3 rings (SSSR count). The molecule has 0 spiro atoms. The summed E-state index contributed by atoms with van der Waals surface area (Å²) in [5.74, 6) is 0. The van der Waals surface area contributed by atoms with Gasteiger partial charge in [0.1, 0.15) is 0 Å². The Hall–Kier alpha value is -2.21. The molecule has 1 aliphatic heterocycles. The Morgan fingerprint density at radius 3 is 2.20 bits per heavy atom. The third-order valence-electron chi connectivity index (χ3n) is 4.51. The highest BCUT2D eigenvalue weighted by Crippen LogP contribution is 2.30. The summed E-state index contributed by atoms with van der Waals surface area (Å²) < 4.78 is 28.3. The molecule has 0 bridgehead atoms. The number of rotatable bonds is 5. The number of para-hydroxylation sites is 2. The van der Waals surface area contributed by atoms with Crippen molar-refractivity contribution in [1.82, 2.24) is 0 Å². The fraction of sp³-hybridized carbons (Fsp3) is 0.368. The van der Waals surface area contributed by atoms with E-state index in [0.717, 1.165) is 37.3 Å². The predicted octanol–water partition coefficient (Wildman–Crippen LogP) is 3.54. The summed E-state index contributed by atoms with van der Waals surface area (Å²) in [6.45, 7) is 1.94. The molecule has 0 atom stereocenters. The molecule has 0 unspecified atom stereocenters. The van der Waals surface area contributed by atoms with Gasteiger partial charge in [0.25, 0.3) is 10.0 Å². The molecule has 0 aliphatic carbocycles. The Balaban J connectivity index is 1.85. The van der Waals surface area contributed by atoms with Crippen LogP contribution in [0.15, 0.2) is 53.4 Å². The van der Waals surface area contributed by atoms with Crippen LogP contribution >= 0.6 is 0 Å². The zero-order valence-electron chi connectivity index (χ0n) is 14.8. The summed E-state index contributed by atoms with van der Waals surface area (Å²) in [4.78, 5) is 4.47. The van der Waals surface area contributed by atoms with Crippen molar-refractivity contribution in [3.8, 4) is 0 Å². The van der Waals surface area contributed by atoms with Gasteiger partial charge in [0, 0.05) is 32.9 Å². The van der Waals surface area contributed by atoms with Gasteiger partial charge >= 0.3 is 0 Å². The standard InChI is InChI=1S/C19H25N3O2S/c1-21(2)16-10-12-17(13-11-16)25(23,24)20-18-8-4-5-9-19(18)22-14-6-3-7-15-22/h4-5,8-13,20H,3,6-7,14-15H2,1-2H3. The molecule has 1 N–H and O–H groups in total. The second-order valence-electron chi connectivity index (χ2n) is 6.56. The summed E-state index contributed by atoms with van der Waals surface area (Å²) >= 11 is 0. The van der Waals surface area contributed by atoms with Crippen LogP contribution in [0, 0.1) is 0 Å². The summed E-state index contributed by atoms with van der Waals surface area (Å²) in [6.07, 6.45) is 3.53. The molecule has 25 heavy (non-hydrogen) atoms. The monoisotopic (exact) mass is 359 g/mol. The van der Waals surface area contributed by atoms with E-state index in [1.54, 1.807) is 12.1 Å². The van der Waals surface area contributed by atoms with Crippen LogP contribution in [0.4, 0.5) is 17.1 Å². The van der Waals surface area contributed by atoms with Crippen LogP contribution in [-0.4, -0.2) is 35.6 Å². The lowest BCUT2D eigenvalue weighted by atomic mass is 10.1. The van der Waals surface area contributed by atoms with E-state index in [2.05, 4.69) is 9.62 Å². The number of hydrogen-bond acceptors (Lipinski definition) is 4. The van der Waals surface area contributed by atoms with E-state index in [0.29, 0.717) is 5.69 Å². The molecule has 1 fully saturated rings. The van der Waals surface area contributed by atoms with Crippen molar-refractivity contribution in [1.29, 1.82) is 0 Å². The molecule has 2 aromatic rings. The van der Waals surface area contributed by atoms with Crippen molar-refractivity contribution in [3.63, 3.8) is 0 Å². The molecule has 0 radical (unpaired) electrons. The number of nitrogens with zero attached hydrogens (tertiary/aromatic N) is 2. The molecule has 2 aromatic carbocycles. The highest BCUT2D eigenvalue weighted by Gasteiger charge is 2.19. The van der Waals surface area contributed by atoms with Gasteiger partial charge < -0.3 is 9.80 Å². The van der Waals surface area contributed by atoms with E-state index in [1.807, 2.05) is 55.4 Å². The van der Waals surface area contributed by atoms with Crippen LogP contribution in [0.5, 0.6) is 0 Å². The van der Waals surface area contributed by atoms with Crippen molar-refractivity contribution in [2.24, 2.45) is 0 Å². The van der Waals surface area contributed by atoms with E-state index < -0.39 is 10.0 Å². The molecule has 1 saturated heterocycles. The quantitative estimate of drug-likeness (QED) is 0.887. The highest BCUT2D eigenvalue weighted by molar-refractivity contribution is 7.92. The molecule has 0 amide bonds. The third kappa shape index (κ3) is 4.07. The molecular formula is C19H25N3O2S. The number of hydrogen-bond donors (Lipinski definition) is 1. The Morgan fingerprint density at radius 1 is 0.920 bits per heavy atom. The van der Waals surface area contributed by atoms with E-state index in [-0.39, 0.29) is 4.90 Å². The van der Waals surface area contributed by atoms with Crippen molar-refractivity contribution in [2.75, 3.05) is 41.7 Å². The second kappa shape index (κ2) is 7.35. The van der Waals surface area contributed by atoms with Crippen molar-refractivity contribution >= 4 is 27.1 Å². The number of benzene rings is 2. The van der Waals surface area contributed by atoms with Gasteiger partial charge in [-0.15, -0.1) is 0 Å². The van der Waals surface area contributed by atoms with Crippen LogP contribution in [0.1, 0.15) is 19.3 Å². The van der Waals surface area contributed by atoms with Gasteiger partial charge in [-0.25, -0.2) is 8.42 Å². The first-order valence-corrected chi connectivity index (χ1v) is 10.1. The largest absolute Gasteiger partial charge is 0.378 e. The van der Waals surface area contributed by atoms with Gasteiger partial charge in [0.15, 0.2) is 0 Å². The number of piperidine rings is 1. The van der Waals surface area contributed by atoms with Crippen LogP contribution in [0.2, 0.25) is 0 Å². The first-order valence-electron chi connectivity index (χ1n) is 8.61. The average molecular weight is 359 g/mol. The van der Waals surface area contributed by atoms with Crippen molar-refractivity contribution in [3.05, 3.63) is 48.5 Å². The number of sulfonamides is 1. The van der Waals surface area contributed by atoms with E-state index >= 15 is 0 Å². The zero-order valence-corrected chi connectivity index (χ0v) is 15.6. The normalized spacial score (nSPS) is 15.0. The second-order valence-corrected chi connectivity index (χ2v) is 8.24. The molecule has 1 aliphatic rings. The smallest absolute Gasteiger partial charge is 0.261 e. The maximum atomic E-state index is 12.8. The topological polar surface area (TPSA) is 52.7 Å². The van der Waals surface area contributed by atoms with Gasteiger partial charge in [0.2, 0.25) is 0 Å². The van der Waals surface area contributed by atoms with Crippen LogP contribution in [0.25, 0.3) is 0 Å². The van der Waals surface area contributed by atoms with Crippen LogP contribution < -0.4 is 14.5 Å². The molecule has 1 heterocycles. The van der Waals surface area contributed by atoms with Gasteiger partial charge in [0.05, 0.1) is 16.3 Å². The summed E-state index contributed by atoms with van der Waals surface area (Å²) in [6, 6.07) is 14.5. The minimum Gasteiger partial charge on any atom is -0.378 e. The lowest BCUT2D eigenvalue weighted by Gasteiger charge is -2.30. The van der Waals surface area contributed by atoms with Crippen molar-refractivity contribution < 1.29 is 8.42 Å². The zero-order chi connectivity index (χ0) is 17.9. The Bertz CT molecular complexity index is 811. The molecule has 134 valence electrons. The van der Waals surface area contributed by atoms with Crippen LogP contribution in [0.3, 0.4) is 0 Å². The predicted molar refractivity (Wildman–Crippen MR) is 104 cm³/mol. The summed E-state index contributed by atoms with van der Waals surface area (Å²) in [5, 5.41) is 0. The SMILES string of the molecule is CN(C)c1ccc(S(=O)(=O)Nc2ccccc2N2CCCCC2)cc1. The fourth-order valence-electron chi connectivity index (χ4n) is 3.10. The fourth-order valence-corrected chi connectivity index (χ4v) is 4.17. The highest BCUT2D eigenvalue weighted by atomic mass is 32.2. The van der Waals surface area contributed by atoms with Gasteiger partial charge in [-0.2, -0.15) is 0 Å². The first kappa shape index (κ1) is 17.6. The van der Waals surface area contributed by atoms with Gasteiger partial charge in [-0.1, -0.05) is 12.1 Å². The molecule has 6 heteroatoms. The van der Waals surface area contributed by atoms with Crippen LogP contribution in [-0.2, 0) is 10.0 Å². The maximum absolute atomic E-state index is 12.8. The lowest BCUT2D eigenvalue weighted by Crippen LogP contribution is -2.30. The Kier molecular flexibility index (Phi) is 5.18. The molecular weight excluding hydrogens is 334 g/mol. The van der Waals surface area contributed by atoms with Gasteiger partial charge in [-0.3, -0.25) is 4.72 Å². The van der Waals surface area contributed by atoms with E-state index in [9.17, 15) is 8.42 Å².